The Balaban J connectivity index is 1.42. The second-order valence-electron chi connectivity index (χ2n) is 8.08. The Labute approximate surface area is 146 Å². The summed E-state index contributed by atoms with van der Waals surface area (Å²) in [6, 6.07) is 0. The van der Waals surface area contributed by atoms with Gasteiger partial charge in [-0.05, 0) is 33.3 Å². The molecule has 2 aliphatic heterocycles. The molecule has 0 aliphatic carbocycles. The molecule has 0 radical (unpaired) electrons. The minimum Gasteiger partial charge on any atom is -0.338 e. The number of nitrogens with zero attached hydrogens (tertiary/aromatic N) is 6. The molecule has 0 aromatic carbocycles. The van der Waals surface area contributed by atoms with E-state index < -0.39 is 0 Å². The van der Waals surface area contributed by atoms with Crippen LogP contribution >= 0.6 is 0 Å². The van der Waals surface area contributed by atoms with Crippen LogP contribution < -0.4 is 4.90 Å². The Morgan fingerprint density at radius 3 is 1.83 bits per heavy atom. The molecule has 0 N–H and O–H groups in total. The number of piperazine rings is 2. The fraction of sp³-hybridized carbons (Fsp3) is 0.778. The fourth-order valence-corrected chi connectivity index (χ4v) is 3.48. The third-order valence-corrected chi connectivity index (χ3v) is 5.14. The van der Waals surface area contributed by atoms with E-state index in [0.29, 0.717) is 5.54 Å². The Kier molecular flexibility index (Phi) is 5.37. The largest absolute Gasteiger partial charge is 0.338 e. The number of hydrogen-bond acceptors (Lipinski definition) is 6. The summed E-state index contributed by atoms with van der Waals surface area (Å²) >= 11 is 0. The van der Waals surface area contributed by atoms with Crippen LogP contribution in [0.4, 0.5) is 5.95 Å². The number of rotatable bonds is 3. The van der Waals surface area contributed by atoms with Gasteiger partial charge >= 0.3 is 0 Å². The maximum atomic E-state index is 4.45. The highest BCUT2D eigenvalue weighted by molar-refractivity contribution is 5.30. The van der Waals surface area contributed by atoms with Crippen molar-refractivity contribution in [3.8, 4) is 0 Å². The molecule has 134 valence electrons. The van der Waals surface area contributed by atoms with Crippen molar-refractivity contribution in [1.82, 2.24) is 24.7 Å². The first-order valence-electron chi connectivity index (χ1n) is 9.15. The number of aromatic nitrogens is 2. The normalized spacial score (nSPS) is 22.1. The van der Waals surface area contributed by atoms with E-state index >= 15 is 0 Å². The highest BCUT2D eigenvalue weighted by Crippen LogP contribution is 2.16. The van der Waals surface area contributed by atoms with E-state index in [1.54, 1.807) is 0 Å². The smallest absolute Gasteiger partial charge is 0.225 e. The lowest BCUT2D eigenvalue weighted by Gasteiger charge is -2.44. The van der Waals surface area contributed by atoms with Crippen LogP contribution in [0.3, 0.4) is 0 Å². The lowest BCUT2D eigenvalue weighted by Crippen LogP contribution is -2.57. The summed E-state index contributed by atoms with van der Waals surface area (Å²) in [6.45, 7) is 19.0. The van der Waals surface area contributed by atoms with E-state index in [-0.39, 0.29) is 0 Å². The molecular weight excluding hydrogens is 300 g/mol. The van der Waals surface area contributed by atoms with Gasteiger partial charge in [-0.3, -0.25) is 14.7 Å². The van der Waals surface area contributed by atoms with Gasteiger partial charge in [-0.15, -0.1) is 0 Å². The van der Waals surface area contributed by atoms with Gasteiger partial charge in [-0.1, -0.05) is 0 Å². The van der Waals surface area contributed by atoms with E-state index in [9.17, 15) is 0 Å². The first kappa shape index (κ1) is 17.6. The summed E-state index contributed by atoms with van der Waals surface area (Å²) < 4.78 is 0. The SMILES string of the molecule is Cc1cnc(N2CCN(CN3CCN(C(C)(C)C)CC3)CC2)nc1. The zero-order chi connectivity index (χ0) is 17.2. The molecular formula is C18H32N6. The number of anilines is 1. The Hall–Kier alpha value is -1.24. The van der Waals surface area contributed by atoms with Crippen molar-refractivity contribution < 1.29 is 0 Å². The maximum Gasteiger partial charge on any atom is 0.225 e. The zero-order valence-corrected chi connectivity index (χ0v) is 15.7. The van der Waals surface area contributed by atoms with Gasteiger partial charge in [0.15, 0.2) is 0 Å². The topological polar surface area (TPSA) is 38.7 Å². The maximum absolute atomic E-state index is 4.45. The molecule has 0 unspecified atom stereocenters. The fourth-order valence-electron chi connectivity index (χ4n) is 3.48. The molecule has 6 heteroatoms. The molecule has 6 nitrogen and oxygen atoms in total. The van der Waals surface area contributed by atoms with Crippen LogP contribution in [0.25, 0.3) is 0 Å². The quantitative estimate of drug-likeness (QED) is 0.830. The van der Waals surface area contributed by atoms with Gasteiger partial charge in [-0.25, -0.2) is 9.97 Å². The Morgan fingerprint density at radius 1 is 0.833 bits per heavy atom. The standard InChI is InChI=1S/C18H32N6/c1-16-13-19-17(20-14-16)23-9-5-21(6-10-23)15-22-7-11-24(12-8-22)18(2,3)4/h13-14H,5-12,15H2,1-4H3. The van der Waals surface area contributed by atoms with Crippen molar-refractivity contribution in [1.29, 1.82) is 0 Å². The highest BCUT2D eigenvalue weighted by Gasteiger charge is 2.27. The predicted molar refractivity (Wildman–Crippen MR) is 98.3 cm³/mol. The van der Waals surface area contributed by atoms with Gasteiger partial charge in [0.2, 0.25) is 5.95 Å². The van der Waals surface area contributed by atoms with Gasteiger partial charge in [0.1, 0.15) is 0 Å². The summed E-state index contributed by atoms with van der Waals surface area (Å²) in [5, 5.41) is 0. The number of hydrogen-bond donors (Lipinski definition) is 0. The van der Waals surface area contributed by atoms with Crippen molar-refractivity contribution in [2.75, 3.05) is 63.9 Å². The molecule has 2 fully saturated rings. The van der Waals surface area contributed by atoms with Gasteiger partial charge < -0.3 is 4.90 Å². The zero-order valence-electron chi connectivity index (χ0n) is 15.7. The lowest BCUT2D eigenvalue weighted by atomic mass is 10.1. The molecule has 1 aromatic rings. The van der Waals surface area contributed by atoms with Gasteiger partial charge in [0.05, 0.1) is 6.67 Å². The molecule has 3 heterocycles. The third kappa shape index (κ3) is 4.43. The van der Waals surface area contributed by atoms with Crippen molar-refractivity contribution >= 4 is 5.95 Å². The molecule has 0 saturated carbocycles. The summed E-state index contributed by atoms with van der Waals surface area (Å²) in [7, 11) is 0. The molecule has 0 spiro atoms. The molecule has 0 atom stereocenters. The van der Waals surface area contributed by atoms with E-state index in [2.05, 4.69) is 50.3 Å². The molecule has 3 rings (SSSR count). The van der Waals surface area contributed by atoms with Crippen molar-refractivity contribution in [3.63, 3.8) is 0 Å². The van der Waals surface area contributed by atoms with Crippen LogP contribution in [0.5, 0.6) is 0 Å². The minimum absolute atomic E-state index is 0.297. The Bertz CT molecular complexity index is 507. The van der Waals surface area contributed by atoms with Crippen LogP contribution in [-0.2, 0) is 0 Å². The van der Waals surface area contributed by atoms with Gasteiger partial charge in [0.25, 0.3) is 0 Å². The van der Waals surface area contributed by atoms with E-state index in [4.69, 9.17) is 0 Å². The molecule has 1 aromatic heterocycles. The van der Waals surface area contributed by atoms with Crippen molar-refractivity contribution in [2.45, 2.75) is 33.2 Å². The lowest BCUT2D eigenvalue weighted by molar-refractivity contribution is 0.0318. The summed E-state index contributed by atoms with van der Waals surface area (Å²) in [5.41, 5.74) is 1.41. The van der Waals surface area contributed by atoms with E-state index in [0.717, 1.165) is 44.4 Å². The second-order valence-corrected chi connectivity index (χ2v) is 8.08. The van der Waals surface area contributed by atoms with E-state index in [1.807, 2.05) is 19.3 Å². The summed E-state index contributed by atoms with van der Waals surface area (Å²) in [6.07, 6.45) is 3.81. The number of aryl methyl sites for hydroxylation is 1. The minimum atomic E-state index is 0.297. The third-order valence-electron chi connectivity index (χ3n) is 5.14. The predicted octanol–water partition coefficient (Wildman–Crippen LogP) is 1.28. The highest BCUT2D eigenvalue weighted by atomic mass is 15.4. The monoisotopic (exact) mass is 332 g/mol. The second kappa shape index (κ2) is 7.33. The molecule has 24 heavy (non-hydrogen) atoms. The van der Waals surface area contributed by atoms with Crippen LogP contribution in [0.15, 0.2) is 12.4 Å². The van der Waals surface area contributed by atoms with Gasteiger partial charge in [0, 0.05) is 70.3 Å². The Morgan fingerprint density at radius 2 is 1.33 bits per heavy atom. The van der Waals surface area contributed by atoms with Crippen LogP contribution in [0.2, 0.25) is 0 Å². The molecule has 2 saturated heterocycles. The van der Waals surface area contributed by atoms with Crippen molar-refractivity contribution in [2.24, 2.45) is 0 Å². The van der Waals surface area contributed by atoms with Crippen LogP contribution in [0, 0.1) is 6.92 Å². The van der Waals surface area contributed by atoms with Crippen LogP contribution in [-0.4, -0.2) is 89.2 Å². The average molecular weight is 332 g/mol. The molecule has 0 bridgehead atoms. The molecule has 0 amide bonds. The average Bonchev–Trinajstić information content (AvgIpc) is 2.56. The summed E-state index contributed by atoms with van der Waals surface area (Å²) in [5.74, 6) is 0.874. The first-order chi connectivity index (χ1) is 11.4. The van der Waals surface area contributed by atoms with Crippen LogP contribution in [0.1, 0.15) is 26.3 Å². The first-order valence-corrected chi connectivity index (χ1v) is 9.15. The van der Waals surface area contributed by atoms with E-state index in [1.165, 1.54) is 26.2 Å². The summed E-state index contributed by atoms with van der Waals surface area (Å²) in [4.78, 5) is 19.0. The van der Waals surface area contributed by atoms with Gasteiger partial charge in [-0.2, -0.15) is 0 Å². The van der Waals surface area contributed by atoms with Crippen molar-refractivity contribution in [3.05, 3.63) is 18.0 Å². The molecule has 2 aliphatic rings.